The second-order valence-electron chi connectivity index (χ2n) is 4.12. The third-order valence-corrected chi connectivity index (χ3v) is 6.49. The standard InChI is InChI=1S/C10H12Br2N2O3S/c11-8-3-6(13)4-9(12)10(8)18(16,17)14-2-1-7(15)5-14/h3-4,7,15H,1-2,5,13H2/t7-/m0/s1. The van der Waals surface area contributed by atoms with Crippen LogP contribution < -0.4 is 5.73 Å². The van der Waals surface area contributed by atoms with Gasteiger partial charge >= 0.3 is 0 Å². The van der Waals surface area contributed by atoms with E-state index in [-0.39, 0.29) is 11.4 Å². The van der Waals surface area contributed by atoms with E-state index in [9.17, 15) is 13.5 Å². The van der Waals surface area contributed by atoms with Crippen molar-refractivity contribution in [3.63, 3.8) is 0 Å². The Bertz CT molecular complexity index is 553. The molecule has 2 rings (SSSR count). The Kier molecular flexibility index (Phi) is 4.03. The minimum atomic E-state index is -3.63. The summed E-state index contributed by atoms with van der Waals surface area (Å²) in [5.41, 5.74) is 6.11. The number of hydrogen-bond donors (Lipinski definition) is 2. The summed E-state index contributed by atoms with van der Waals surface area (Å²) in [5, 5.41) is 9.44. The monoisotopic (exact) mass is 398 g/mol. The average molecular weight is 400 g/mol. The Morgan fingerprint density at radius 3 is 2.33 bits per heavy atom. The lowest BCUT2D eigenvalue weighted by atomic mass is 10.3. The van der Waals surface area contributed by atoms with Crippen molar-refractivity contribution in [3.8, 4) is 0 Å². The van der Waals surface area contributed by atoms with Gasteiger partial charge < -0.3 is 10.8 Å². The molecular formula is C10H12Br2N2O3S. The van der Waals surface area contributed by atoms with Gasteiger partial charge in [0.1, 0.15) is 4.90 Å². The Labute approximate surface area is 122 Å². The zero-order valence-corrected chi connectivity index (χ0v) is 13.3. The van der Waals surface area contributed by atoms with E-state index >= 15 is 0 Å². The van der Waals surface area contributed by atoms with Gasteiger partial charge in [-0.15, -0.1) is 0 Å². The number of halogens is 2. The van der Waals surface area contributed by atoms with Gasteiger partial charge in [-0.25, -0.2) is 8.42 Å². The fraction of sp³-hybridized carbons (Fsp3) is 0.400. The predicted molar refractivity (Wildman–Crippen MR) is 75.6 cm³/mol. The summed E-state index contributed by atoms with van der Waals surface area (Å²) >= 11 is 6.44. The molecule has 1 saturated heterocycles. The molecule has 3 N–H and O–H groups in total. The summed E-state index contributed by atoms with van der Waals surface area (Å²) in [6, 6.07) is 3.09. The van der Waals surface area contributed by atoms with Crippen LogP contribution in [0.2, 0.25) is 0 Å². The first-order valence-corrected chi connectivity index (χ1v) is 8.27. The summed E-state index contributed by atoms with van der Waals surface area (Å²) in [7, 11) is -3.63. The smallest absolute Gasteiger partial charge is 0.245 e. The number of β-amino-alcohol motifs (C(OH)–C–C–N with tert-alkyl or cyclic N) is 1. The van der Waals surface area contributed by atoms with Crippen LogP contribution in [0.5, 0.6) is 0 Å². The van der Waals surface area contributed by atoms with Gasteiger partial charge in [-0.2, -0.15) is 4.31 Å². The third kappa shape index (κ3) is 2.57. The maximum atomic E-state index is 12.4. The quantitative estimate of drug-likeness (QED) is 0.739. The van der Waals surface area contributed by atoms with E-state index < -0.39 is 16.1 Å². The molecular weight excluding hydrogens is 388 g/mol. The molecule has 1 fully saturated rings. The van der Waals surface area contributed by atoms with Crippen LogP contribution in [0.25, 0.3) is 0 Å². The molecule has 1 atom stereocenters. The molecule has 0 bridgehead atoms. The molecule has 1 heterocycles. The van der Waals surface area contributed by atoms with E-state index in [2.05, 4.69) is 31.9 Å². The van der Waals surface area contributed by atoms with Gasteiger partial charge in [-0.3, -0.25) is 0 Å². The zero-order chi connectivity index (χ0) is 13.5. The highest BCUT2D eigenvalue weighted by atomic mass is 79.9. The van der Waals surface area contributed by atoms with E-state index in [1.54, 1.807) is 12.1 Å². The van der Waals surface area contributed by atoms with Gasteiger partial charge in [0.05, 0.1) is 6.10 Å². The zero-order valence-electron chi connectivity index (χ0n) is 9.31. The lowest BCUT2D eigenvalue weighted by Gasteiger charge is -2.18. The molecule has 0 spiro atoms. The summed E-state index contributed by atoms with van der Waals surface area (Å²) in [5.74, 6) is 0. The molecule has 0 amide bonds. The third-order valence-electron chi connectivity index (χ3n) is 2.74. The van der Waals surface area contributed by atoms with Crippen LogP contribution in [0.4, 0.5) is 5.69 Å². The topological polar surface area (TPSA) is 83.6 Å². The molecule has 0 saturated carbocycles. The molecule has 1 aromatic rings. The molecule has 100 valence electrons. The first-order valence-electron chi connectivity index (χ1n) is 5.25. The highest BCUT2D eigenvalue weighted by Crippen LogP contribution is 2.35. The number of aliphatic hydroxyl groups excluding tert-OH is 1. The lowest BCUT2D eigenvalue weighted by molar-refractivity contribution is 0.189. The largest absolute Gasteiger partial charge is 0.399 e. The minimum absolute atomic E-state index is 0.131. The van der Waals surface area contributed by atoms with Gasteiger partial charge in [0, 0.05) is 27.7 Å². The first kappa shape index (κ1) is 14.3. The number of nitrogens with two attached hydrogens (primary N) is 1. The molecule has 0 radical (unpaired) electrons. The lowest BCUT2D eigenvalue weighted by Crippen LogP contribution is -2.30. The van der Waals surface area contributed by atoms with Gasteiger partial charge in [0.15, 0.2) is 0 Å². The summed E-state index contributed by atoms with van der Waals surface area (Å²) < 4.78 is 27.0. The average Bonchev–Trinajstić information content (AvgIpc) is 2.63. The summed E-state index contributed by atoms with van der Waals surface area (Å²) in [4.78, 5) is 0.144. The summed E-state index contributed by atoms with van der Waals surface area (Å²) in [6.45, 7) is 0.457. The maximum Gasteiger partial charge on any atom is 0.245 e. The highest BCUT2D eigenvalue weighted by molar-refractivity contribution is 9.11. The van der Waals surface area contributed by atoms with E-state index in [4.69, 9.17) is 5.73 Å². The Morgan fingerprint density at radius 1 is 1.33 bits per heavy atom. The molecule has 5 nitrogen and oxygen atoms in total. The van der Waals surface area contributed by atoms with Gasteiger partial charge in [0.2, 0.25) is 10.0 Å². The normalized spacial score (nSPS) is 21.4. The van der Waals surface area contributed by atoms with Crippen LogP contribution >= 0.6 is 31.9 Å². The van der Waals surface area contributed by atoms with Crippen LogP contribution in [0.1, 0.15) is 6.42 Å². The van der Waals surface area contributed by atoms with Crippen molar-refractivity contribution in [1.29, 1.82) is 0 Å². The van der Waals surface area contributed by atoms with Crippen LogP contribution in [0.15, 0.2) is 26.0 Å². The van der Waals surface area contributed by atoms with Crippen LogP contribution in [-0.4, -0.2) is 37.0 Å². The van der Waals surface area contributed by atoms with Crippen molar-refractivity contribution in [1.82, 2.24) is 4.31 Å². The molecule has 0 unspecified atom stereocenters. The molecule has 18 heavy (non-hydrogen) atoms. The van der Waals surface area contributed by atoms with E-state index in [0.29, 0.717) is 27.6 Å². The Morgan fingerprint density at radius 2 is 1.89 bits per heavy atom. The second-order valence-corrected chi connectivity index (χ2v) is 7.70. The van der Waals surface area contributed by atoms with Gasteiger partial charge in [-0.1, -0.05) is 0 Å². The van der Waals surface area contributed by atoms with Crippen molar-refractivity contribution < 1.29 is 13.5 Å². The molecule has 8 heteroatoms. The Hall–Kier alpha value is -0.150. The number of aliphatic hydroxyl groups is 1. The minimum Gasteiger partial charge on any atom is -0.399 e. The number of rotatable bonds is 2. The molecule has 0 aromatic heterocycles. The van der Waals surface area contributed by atoms with Crippen molar-refractivity contribution in [2.75, 3.05) is 18.8 Å². The number of nitrogens with zero attached hydrogens (tertiary/aromatic N) is 1. The van der Waals surface area contributed by atoms with Crippen molar-refractivity contribution in [2.45, 2.75) is 17.4 Å². The van der Waals surface area contributed by atoms with E-state index in [1.165, 1.54) is 4.31 Å². The van der Waals surface area contributed by atoms with Crippen LogP contribution in [0, 0.1) is 0 Å². The fourth-order valence-electron chi connectivity index (χ4n) is 1.88. The second kappa shape index (κ2) is 5.09. The first-order chi connectivity index (χ1) is 8.32. The van der Waals surface area contributed by atoms with E-state index in [0.717, 1.165) is 0 Å². The molecule has 0 aliphatic carbocycles. The van der Waals surface area contributed by atoms with Gasteiger partial charge in [-0.05, 0) is 50.4 Å². The van der Waals surface area contributed by atoms with Crippen LogP contribution in [-0.2, 0) is 10.0 Å². The summed E-state index contributed by atoms with van der Waals surface area (Å²) in [6.07, 6.45) is -0.130. The molecule has 1 aliphatic rings. The van der Waals surface area contributed by atoms with Crippen LogP contribution in [0.3, 0.4) is 0 Å². The number of nitrogen functional groups attached to an aromatic ring is 1. The van der Waals surface area contributed by atoms with Crippen molar-refractivity contribution in [2.24, 2.45) is 0 Å². The van der Waals surface area contributed by atoms with Gasteiger partial charge in [0.25, 0.3) is 0 Å². The Balaban J connectivity index is 2.48. The number of benzene rings is 1. The molecule has 1 aliphatic heterocycles. The number of hydrogen-bond acceptors (Lipinski definition) is 4. The van der Waals surface area contributed by atoms with E-state index in [1.807, 2.05) is 0 Å². The van der Waals surface area contributed by atoms with Crippen molar-refractivity contribution in [3.05, 3.63) is 21.1 Å². The fourth-order valence-corrected chi connectivity index (χ4v) is 5.92. The predicted octanol–water partition coefficient (Wildman–Crippen LogP) is 1.55. The maximum absolute atomic E-state index is 12.4. The van der Waals surface area contributed by atoms with Crippen molar-refractivity contribution >= 4 is 47.6 Å². The number of anilines is 1. The SMILES string of the molecule is Nc1cc(Br)c(S(=O)(=O)N2CC[C@H](O)C2)c(Br)c1. The number of sulfonamides is 1. The molecule has 1 aromatic carbocycles. The highest BCUT2D eigenvalue weighted by Gasteiger charge is 2.34.